The number of rotatable bonds is 1. The largest absolute Gasteiger partial charge is 0.337 e. The molecule has 102 valence electrons. The fourth-order valence-corrected chi connectivity index (χ4v) is 3.97. The Morgan fingerprint density at radius 1 is 1.22 bits per heavy atom. The summed E-state index contributed by atoms with van der Waals surface area (Å²) in [5, 5.41) is 0. The summed E-state index contributed by atoms with van der Waals surface area (Å²) in [5.74, 6) is 0.581. The molecule has 2 saturated heterocycles. The van der Waals surface area contributed by atoms with E-state index in [0.29, 0.717) is 18.0 Å². The van der Waals surface area contributed by atoms with Crippen molar-refractivity contribution in [2.75, 3.05) is 19.6 Å². The van der Waals surface area contributed by atoms with Gasteiger partial charge in [0.2, 0.25) is 5.91 Å². The van der Waals surface area contributed by atoms with Crippen molar-refractivity contribution in [3.05, 3.63) is 0 Å². The van der Waals surface area contributed by atoms with E-state index in [1.54, 1.807) is 0 Å². The number of piperazine rings is 1. The molecule has 1 saturated carbocycles. The van der Waals surface area contributed by atoms with E-state index in [2.05, 4.69) is 16.7 Å². The lowest BCUT2D eigenvalue weighted by Gasteiger charge is -2.43. The van der Waals surface area contributed by atoms with E-state index in [0.717, 1.165) is 32.4 Å². The summed E-state index contributed by atoms with van der Waals surface area (Å²) in [5.41, 5.74) is 5.93. The molecule has 0 aromatic heterocycles. The van der Waals surface area contributed by atoms with E-state index < -0.39 is 0 Å². The van der Waals surface area contributed by atoms with Crippen LogP contribution in [0.15, 0.2) is 0 Å². The van der Waals surface area contributed by atoms with Crippen LogP contribution in [-0.4, -0.2) is 53.5 Å². The molecular formula is C14H25N3O. The zero-order chi connectivity index (χ0) is 12.7. The number of carbonyl (C=O) groups is 1. The third-order valence-corrected chi connectivity index (χ3v) is 5.04. The van der Waals surface area contributed by atoms with Crippen molar-refractivity contribution >= 4 is 5.91 Å². The first-order chi connectivity index (χ1) is 8.65. The van der Waals surface area contributed by atoms with Gasteiger partial charge in [-0.2, -0.15) is 0 Å². The monoisotopic (exact) mass is 251 g/mol. The highest BCUT2D eigenvalue weighted by Crippen LogP contribution is 2.30. The second-order valence-corrected chi connectivity index (χ2v) is 6.40. The van der Waals surface area contributed by atoms with Crippen molar-refractivity contribution in [3.63, 3.8) is 0 Å². The van der Waals surface area contributed by atoms with Crippen LogP contribution >= 0.6 is 0 Å². The third-order valence-electron chi connectivity index (χ3n) is 5.04. The molecule has 0 bridgehead atoms. The van der Waals surface area contributed by atoms with Crippen LogP contribution in [0.4, 0.5) is 0 Å². The predicted octanol–water partition coefficient (Wildman–Crippen LogP) is 0.809. The van der Waals surface area contributed by atoms with Crippen LogP contribution in [0.3, 0.4) is 0 Å². The van der Waals surface area contributed by atoms with Crippen LogP contribution in [0, 0.1) is 5.92 Å². The van der Waals surface area contributed by atoms with Gasteiger partial charge in [0.15, 0.2) is 0 Å². The smallest absolute Gasteiger partial charge is 0.226 e. The van der Waals surface area contributed by atoms with Crippen LogP contribution in [0.5, 0.6) is 0 Å². The molecule has 3 rings (SSSR count). The van der Waals surface area contributed by atoms with Crippen molar-refractivity contribution in [2.24, 2.45) is 11.7 Å². The second kappa shape index (κ2) is 4.82. The average Bonchev–Trinajstić information content (AvgIpc) is 2.95. The summed E-state index contributed by atoms with van der Waals surface area (Å²) in [6, 6.07) is 1.26. The minimum absolute atomic E-state index is 0.204. The fourth-order valence-electron chi connectivity index (χ4n) is 3.97. The van der Waals surface area contributed by atoms with Gasteiger partial charge in [-0.15, -0.1) is 0 Å². The van der Waals surface area contributed by atoms with Crippen LogP contribution in [0.2, 0.25) is 0 Å². The molecule has 0 aromatic carbocycles. The van der Waals surface area contributed by atoms with Gasteiger partial charge in [0, 0.05) is 37.1 Å². The summed E-state index contributed by atoms with van der Waals surface area (Å²) in [4.78, 5) is 17.3. The standard InChI is InChI=1S/C14H25N3O/c1-10-8-16-6-2-3-13(16)9-17(10)14(18)11-4-5-12(15)7-11/h10-13H,2-9,15H2,1H3/t10-,11+,12+,13-/m1/s1. The number of hydrogen-bond acceptors (Lipinski definition) is 3. The number of carbonyl (C=O) groups excluding carboxylic acids is 1. The summed E-state index contributed by atoms with van der Waals surface area (Å²) in [6.45, 7) is 5.44. The Morgan fingerprint density at radius 2 is 2.06 bits per heavy atom. The summed E-state index contributed by atoms with van der Waals surface area (Å²) < 4.78 is 0. The van der Waals surface area contributed by atoms with E-state index in [9.17, 15) is 4.79 Å². The summed E-state index contributed by atoms with van der Waals surface area (Å²) in [6.07, 6.45) is 5.48. The molecule has 3 aliphatic rings. The molecule has 3 fully saturated rings. The van der Waals surface area contributed by atoms with E-state index in [4.69, 9.17) is 5.73 Å². The van der Waals surface area contributed by atoms with Gasteiger partial charge in [-0.25, -0.2) is 0 Å². The normalized spacial score (nSPS) is 41.1. The Morgan fingerprint density at radius 3 is 2.78 bits per heavy atom. The topological polar surface area (TPSA) is 49.6 Å². The first-order valence-electron chi connectivity index (χ1n) is 7.45. The zero-order valence-corrected chi connectivity index (χ0v) is 11.3. The van der Waals surface area contributed by atoms with Crippen molar-refractivity contribution in [3.8, 4) is 0 Å². The number of amides is 1. The molecule has 4 heteroatoms. The highest BCUT2D eigenvalue weighted by Gasteiger charge is 2.39. The molecular weight excluding hydrogens is 226 g/mol. The quantitative estimate of drug-likeness (QED) is 0.750. The SMILES string of the molecule is C[C@@H]1CN2CCC[C@@H]2CN1C(=O)[C@H]1CC[C@H](N)C1. The van der Waals surface area contributed by atoms with Crippen molar-refractivity contribution in [2.45, 2.75) is 57.2 Å². The third kappa shape index (κ3) is 2.16. The lowest BCUT2D eigenvalue weighted by Crippen LogP contribution is -2.57. The van der Waals surface area contributed by atoms with E-state index >= 15 is 0 Å². The molecule has 2 heterocycles. The molecule has 0 unspecified atom stereocenters. The van der Waals surface area contributed by atoms with Gasteiger partial charge >= 0.3 is 0 Å². The van der Waals surface area contributed by atoms with Gasteiger partial charge < -0.3 is 10.6 Å². The van der Waals surface area contributed by atoms with Gasteiger partial charge in [0.1, 0.15) is 0 Å². The highest BCUT2D eigenvalue weighted by atomic mass is 16.2. The molecule has 0 spiro atoms. The molecule has 0 radical (unpaired) electrons. The molecule has 4 nitrogen and oxygen atoms in total. The highest BCUT2D eigenvalue weighted by molar-refractivity contribution is 5.79. The van der Waals surface area contributed by atoms with Gasteiger partial charge in [-0.1, -0.05) is 0 Å². The molecule has 1 aliphatic carbocycles. The molecule has 0 aromatic rings. The Balaban J connectivity index is 1.66. The van der Waals surface area contributed by atoms with Gasteiger partial charge in [0.25, 0.3) is 0 Å². The van der Waals surface area contributed by atoms with Crippen molar-refractivity contribution < 1.29 is 4.79 Å². The first kappa shape index (κ1) is 12.4. The minimum Gasteiger partial charge on any atom is -0.337 e. The number of nitrogens with zero attached hydrogens (tertiary/aromatic N) is 2. The average molecular weight is 251 g/mol. The molecule has 4 atom stereocenters. The van der Waals surface area contributed by atoms with E-state index in [1.807, 2.05) is 0 Å². The molecule has 2 aliphatic heterocycles. The maximum atomic E-state index is 12.6. The van der Waals surface area contributed by atoms with Gasteiger partial charge in [-0.05, 0) is 45.6 Å². The van der Waals surface area contributed by atoms with Crippen LogP contribution < -0.4 is 5.73 Å². The maximum absolute atomic E-state index is 12.6. The Hall–Kier alpha value is -0.610. The summed E-state index contributed by atoms with van der Waals surface area (Å²) in [7, 11) is 0. The van der Waals surface area contributed by atoms with Crippen molar-refractivity contribution in [1.29, 1.82) is 0 Å². The van der Waals surface area contributed by atoms with Crippen LogP contribution in [-0.2, 0) is 4.79 Å². The van der Waals surface area contributed by atoms with Gasteiger partial charge in [0.05, 0.1) is 0 Å². The molecule has 2 N–H and O–H groups in total. The lowest BCUT2D eigenvalue weighted by molar-refractivity contribution is -0.141. The number of hydrogen-bond donors (Lipinski definition) is 1. The Labute approximate surface area is 109 Å². The lowest BCUT2D eigenvalue weighted by atomic mass is 10.0. The van der Waals surface area contributed by atoms with Gasteiger partial charge in [-0.3, -0.25) is 9.69 Å². The second-order valence-electron chi connectivity index (χ2n) is 6.40. The number of nitrogens with two attached hydrogens (primary N) is 1. The van der Waals surface area contributed by atoms with Crippen molar-refractivity contribution in [1.82, 2.24) is 9.80 Å². The molecule has 18 heavy (non-hydrogen) atoms. The Bertz CT molecular complexity index is 333. The summed E-state index contributed by atoms with van der Waals surface area (Å²) >= 11 is 0. The predicted molar refractivity (Wildman–Crippen MR) is 71.1 cm³/mol. The molecule has 1 amide bonds. The fraction of sp³-hybridized carbons (Fsp3) is 0.929. The van der Waals surface area contributed by atoms with E-state index in [1.165, 1.54) is 19.4 Å². The van der Waals surface area contributed by atoms with E-state index in [-0.39, 0.29) is 12.0 Å². The first-order valence-corrected chi connectivity index (χ1v) is 7.45. The Kier molecular flexibility index (Phi) is 3.32. The number of fused-ring (bicyclic) bond motifs is 1. The minimum atomic E-state index is 0.204. The van der Waals surface area contributed by atoms with Crippen LogP contribution in [0.25, 0.3) is 0 Å². The maximum Gasteiger partial charge on any atom is 0.226 e. The zero-order valence-electron chi connectivity index (χ0n) is 11.3. The van der Waals surface area contributed by atoms with Crippen LogP contribution in [0.1, 0.15) is 39.0 Å².